The highest BCUT2D eigenvalue weighted by molar-refractivity contribution is 7.15. The van der Waals surface area contributed by atoms with Gasteiger partial charge < -0.3 is 0 Å². The number of hydrogen-bond donors (Lipinski definition) is 1. The fourth-order valence-electron chi connectivity index (χ4n) is 1.42. The van der Waals surface area contributed by atoms with Crippen LogP contribution in [-0.4, -0.2) is 15.8 Å². The molecular formula is C11H8ClN3O3S. The van der Waals surface area contributed by atoms with Crippen molar-refractivity contribution in [2.75, 3.05) is 5.32 Å². The van der Waals surface area contributed by atoms with Crippen LogP contribution in [0.25, 0.3) is 0 Å². The zero-order chi connectivity index (χ0) is 14.0. The first-order valence-corrected chi connectivity index (χ1v) is 6.34. The van der Waals surface area contributed by atoms with Crippen LogP contribution in [0.5, 0.6) is 0 Å². The largest absolute Gasteiger partial charge is 0.298 e. The maximum Gasteiger partial charge on any atom is 0.283 e. The highest BCUT2D eigenvalue weighted by Gasteiger charge is 2.21. The number of halogens is 1. The molecule has 1 heterocycles. The molecule has 8 heteroatoms. The van der Waals surface area contributed by atoms with Crippen LogP contribution in [0, 0.1) is 17.0 Å². The number of nitrogens with zero attached hydrogens (tertiary/aromatic N) is 2. The van der Waals surface area contributed by atoms with Crippen molar-refractivity contribution in [3.05, 3.63) is 50.0 Å². The molecule has 0 radical (unpaired) electrons. The molecule has 1 aromatic heterocycles. The third kappa shape index (κ3) is 3.07. The van der Waals surface area contributed by atoms with Crippen LogP contribution in [0.4, 0.5) is 10.8 Å². The van der Waals surface area contributed by atoms with Crippen LogP contribution in [0.2, 0.25) is 5.02 Å². The van der Waals surface area contributed by atoms with Gasteiger partial charge in [0.2, 0.25) is 0 Å². The molecule has 2 rings (SSSR count). The van der Waals surface area contributed by atoms with Crippen molar-refractivity contribution in [2.45, 2.75) is 6.92 Å². The van der Waals surface area contributed by atoms with Crippen LogP contribution in [0.1, 0.15) is 15.2 Å². The van der Waals surface area contributed by atoms with Crippen molar-refractivity contribution < 1.29 is 9.72 Å². The summed E-state index contributed by atoms with van der Waals surface area (Å²) in [6, 6.07) is 3.89. The molecule has 0 aliphatic carbocycles. The molecule has 19 heavy (non-hydrogen) atoms. The molecule has 0 spiro atoms. The molecule has 1 N–H and O–H groups in total. The maximum atomic E-state index is 12.0. The molecule has 1 amide bonds. The average Bonchev–Trinajstić information content (AvgIpc) is 2.74. The quantitative estimate of drug-likeness (QED) is 0.696. The molecule has 0 aliphatic rings. The van der Waals surface area contributed by atoms with Crippen molar-refractivity contribution in [2.24, 2.45) is 0 Å². The Morgan fingerprint density at radius 1 is 1.53 bits per heavy atom. The third-order valence-corrected chi connectivity index (χ3v) is 3.31. The number of benzene rings is 1. The summed E-state index contributed by atoms with van der Waals surface area (Å²) in [5, 5.41) is 14.0. The Hall–Kier alpha value is -1.99. The Morgan fingerprint density at radius 2 is 2.26 bits per heavy atom. The number of nitro benzene ring substituents is 1. The Labute approximate surface area is 117 Å². The standard InChI is InChI=1S/C11H8ClN3O3S/c1-6-5-13-11(19-6)14-10(16)8-3-2-7(12)4-9(8)15(17)18/h2-5H,1H3,(H,13,14,16). The van der Waals surface area contributed by atoms with Gasteiger partial charge in [-0.15, -0.1) is 11.3 Å². The number of amides is 1. The number of aromatic nitrogens is 1. The van der Waals surface area contributed by atoms with E-state index in [1.54, 1.807) is 6.20 Å². The Morgan fingerprint density at radius 3 is 2.84 bits per heavy atom. The lowest BCUT2D eigenvalue weighted by Gasteiger charge is -2.03. The van der Waals surface area contributed by atoms with Gasteiger partial charge in [0.15, 0.2) is 5.13 Å². The topological polar surface area (TPSA) is 85.1 Å². The molecule has 6 nitrogen and oxygen atoms in total. The smallest absolute Gasteiger partial charge is 0.283 e. The van der Waals surface area contributed by atoms with E-state index in [0.717, 1.165) is 10.9 Å². The summed E-state index contributed by atoms with van der Waals surface area (Å²) in [4.78, 5) is 27.1. The number of nitro groups is 1. The second kappa shape index (κ2) is 5.33. The van der Waals surface area contributed by atoms with Crippen molar-refractivity contribution in [3.8, 4) is 0 Å². The minimum absolute atomic E-state index is 0.0535. The SMILES string of the molecule is Cc1cnc(NC(=O)c2ccc(Cl)cc2[N+](=O)[O-])s1. The van der Waals surface area contributed by atoms with Crippen molar-refractivity contribution in [3.63, 3.8) is 0 Å². The van der Waals surface area contributed by atoms with Gasteiger partial charge in [-0.25, -0.2) is 4.98 Å². The fraction of sp³-hybridized carbons (Fsp3) is 0.0909. The van der Waals surface area contributed by atoms with Crippen molar-refractivity contribution in [1.82, 2.24) is 4.98 Å². The van der Waals surface area contributed by atoms with E-state index in [9.17, 15) is 14.9 Å². The van der Waals surface area contributed by atoms with Crippen molar-refractivity contribution >= 4 is 39.7 Å². The normalized spacial score (nSPS) is 10.2. The summed E-state index contributed by atoms with van der Waals surface area (Å²) in [6.07, 6.45) is 1.61. The first-order chi connectivity index (χ1) is 8.97. The lowest BCUT2D eigenvalue weighted by molar-refractivity contribution is -0.385. The molecule has 0 unspecified atom stereocenters. The highest BCUT2D eigenvalue weighted by Crippen LogP contribution is 2.25. The van der Waals surface area contributed by atoms with Crippen LogP contribution in [-0.2, 0) is 0 Å². The second-order valence-corrected chi connectivity index (χ2v) is 5.32. The van der Waals surface area contributed by atoms with Crippen molar-refractivity contribution in [1.29, 1.82) is 0 Å². The maximum absolute atomic E-state index is 12.0. The fourth-order valence-corrected chi connectivity index (χ4v) is 2.25. The average molecular weight is 298 g/mol. The molecule has 0 aliphatic heterocycles. The molecule has 98 valence electrons. The predicted molar refractivity (Wildman–Crippen MR) is 72.9 cm³/mol. The van der Waals surface area contributed by atoms with Gasteiger partial charge >= 0.3 is 0 Å². The first-order valence-electron chi connectivity index (χ1n) is 5.15. The molecule has 0 saturated carbocycles. The van der Waals surface area contributed by atoms with Gasteiger partial charge in [-0.3, -0.25) is 20.2 Å². The Bertz CT molecular complexity index is 656. The number of hydrogen-bond acceptors (Lipinski definition) is 5. The number of nitrogens with one attached hydrogen (secondary N) is 1. The number of rotatable bonds is 3. The number of thiazole rings is 1. The Balaban J connectivity index is 2.31. The number of aryl methyl sites for hydroxylation is 1. The van der Waals surface area contributed by atoms with Gasteiger partial charge in [-0.1, -0.05) is 11.6 Å². The molecule has 2 aromatic rings. The van der Waals surface area contributed by atoms with Gasteiger partial charge in [0.1, 0.15) is 5.56 Å². The van der Waals surface area contributed by atoms with Crippen LogP contribution < -0.4 is 5.32 Å². The molecule has 1 aromatic carbocycles. The van der Waals surface area contributed by atoms with E-state index in [0.29, 0.717) is 5.13 Å². The van der Waals surface area contributed by atoms with Crippen LogP contribution in [0.3, 0.4) is 0 Å². The van der Waals surface area contributed by atoms with E-state index in [4.69, 9.17) is 11.6 Å². The van der Waals surface area contributed by atoms with E-state index >= 15 is 0 Å². The molecule has 0 atom stereocenters. The number of carbonyl (C=O) groups excluding carboxylic acids is 1. The minimum Gasteiger partial charge on any atom is -0.298 e. The van der Waals surface area contributed by atoms with E-state index in [-0.39, 0.29) is 16.3 Å². The van der Waals surface area contributed by atoms with Gasteiger partial charge in [0, 0.05) is 22.2 Å². The number of anilines is 1. The first kappa shape index (κ1) is 13.4. The van der Waals surface area contributed by atoms with Gasteiger partial charge in [-0.2, -0.15) is 0 Å². The second-order valence-electron chi connectivity index (χ2n) is 3.65. The summed E-state index contributed by atoms with van der Waals surface area (Å²) in [5.74, 6) is -0.585. The van der Waals surface area contributed by atoms with E-state index < -0.39 is 10.8 Å². The lowest BCUT2D eigenvalue weighted by atomic mass is 10.1. The van der Waals surface area contributed by atoms with Gasteiger partial charge in [-0.05, 0) is 19.1 Å². The Kier molecular flexibility index (Phi) is 3.77. The lowest BCUT2D eigenvalue weighted by Crippen LogP contribution is -2.13. The summed E-state index contributed by atoms with van der Waals surface area (Å²) in [6.45, 7) is 1.85. The van der Waals surface area contributed by atoms with Gasteiger partial charge in [0.25, 0.3) is 11.6 Å². The van der Waals surface area contributed by atoms with Crippen LogP contribution in [0.15, 0.2) is 24.4 Å². The predicted octanol–water partition coefficient (Wildman–Crippen LogP) is 3.27. The third-order valence-electron chi connectivity index (χ3n) is 2.24. The molecular weight excluding hydrogens is 290 g/mol. The summed E-state index contributed by atoms with van der Waals surface area (Å²) < 4.78 is 0. The monoisotopic (exact) mass is 297 g/mol. The zero-order valence-corrected chi connectivity index (χ0v) is 11.3. The zero-order valence-electron chi connectivity index (χ0n) is 9.71. The molecule has 0 fully saturated rings. The summed E-state index contributed by atoms with van der Waals surface area (Å²) in [7, 11) is 0. The van der Waals surface area contributed by atoms with E-state index in [1.165, 1.54) is 23.5 Å². The van der Waals surface area contributed by atoms with Crippen LogP contribution >= 0.6 is 22.9 Å². The highest BCUT2D eigenvalue weighted by atomic mass is 35.5. The van der Waals surface area contributed by atoms with E-state index in [1.807, 2.05) is 6.92 Å². The summed E-state index contributed by atoms with van der Waals surface area (Å²) >= 11 is 6.97. The summed E-state index contributed by atoms with van der Waals surface area (Å²) in [5.41, 5.74) is -0.388. The number of carbonyl (C=O) groups is 1. The molecule has 0 bridgehead atoms. The van der Waals surface area contributed by atoms with Gasteiger partial charge in [0.05, 0.1) is 4.92 Å². The molecule has 0 saturated heterocycles. The minimum atomic E-state index is -0.645. The van der Waals surface area contributed by atoms with E-state index in [2.05, 4.69) is 10.3 Å².